The van der Waals surface area contributed by atoms with Crippen molar-refractivity contribution in [2.45, 2.75) is 75.4 Å². The summed E-state index contributed by atoms with van der Waals surface area (Å²) in [6.07, 6.45) is -1.34. The predicted molar refractivity (Wildman–Crippen MR) is 162 cm³/mol. The molecular weight excluding hydrogens is 619 g/mol. The lowest BCUT2D eigenvalue weighted by Gasteiger charge is -2.52. The summed E-state index contributed by atoms with van der Waals surface area (Å²) in [6, 6.07) is 11.9. The van der Waals surface area contributed by atoms with Gasteiger partial charge in [-0.3, -0.25) is 14.5 Å². The molecule has 0 bridgehead atoms. The molecule has 2 fully saturated rings. The van der Waals surface area contributed by atoms with E-state index in [1.165, 1.54) is 17.4 Å². The van der Waals surface area contributed by atoms with Gasteiger partial charge in [-0.1, -0.05) is 42.0 Å². The van der Waals surface area contributed by atoms with Gasteiger partial charge < -0.3 is 30.2 Å². The third kappa shape index (κ3) is 7.76. The molecule has 3 heterocycles. The van der Waals surface area contributed by atoms with Gasteiger partial charge >= 0.3 is 18.2 Å². The molecule has 3 aromatic rings. The molecule has 2 saturated heterocycles. The highest BCUT2D eigenvalue weighted by molar-refractivity contribution is 5.80. The van der Waals surface area contributed by atoms with E-state index in [4.69, 9.17) is 19.9 Å². The zero-order valence-electron chi connectivity index (χ0n) is 26.1. The third-order valence-electron chi connectivity index (χ3n) is 8.91. The molecule has 4 atom stereocenters. The third-order valence-corrected chi connectivity index (χ3v) is 8.91. The Balaban J connectivity index is 1.38. The van der Waals surface area contributed by atoms with Gasteiger partial charge in [0, 0.05) is 31.3 Å². The van der Waals surface area contributed by atoms with Crippen molar-refractivity contribution in [1.29, 1.82) is 0 Å². The minimum absolute atomic E-state index is 0.0696. The summed E-state index contributed by atoms with van der Waals surface area (Å²) in [7, 11) is 0. The summed E-state index contributed by atoms with van der Waals surface area (Å²) in [5.74, 6) is -0.913. The number of likely N-dealkylation sites (tertiary alicyclic amines) is 1. The highest BCUT2D eigenvalue weighted by Gasteiger charge is 2.54. The number of benzene rings is 2. The van der Waals surface area contributed by atoms with Crippen molar-refractivity contribution < 1.29 is 41.8 Å². The Morgan fingerprint density at radius 3 is 2.53 bits per heavy atom. The number of nitrogens with one attached hydrogen (secondary N) is 2. The second kappa shape index (κ2) is 13.7. The number of piperidine rings is 1. The zero-order chi connectivity index (χ0) is 33.8. The van der Waals surface area contributed by atoms with E-state index in [0.717, 1.165) is 12.1 Å². The highest BCUT2D eigenvalue weighted by atomic mass is 19.4. The first-order chi connectivity index (χ1) is 22.3. The van der Waals surface area contributed by atoms with Crippen molar-refractivity contribution in [1.82, 2.24) is 20.2 Å². The number of aromatic amines is 1. The summed E-state index contributed by atoms with van der Waals surface area (Å²) in [5, 5.41) is 3.03. The Morgan fingerprint density at radius 1 is 1.11 bits per heavy atom. The van der Waals surface area contributed by atoms with Crippen LogP contribution in [0.5, 0.6) is 0 Å². The average Bonchev–Trinajstić information content (AvgIpc) is 3.69. The van der Waals surface area contributed by atoms with E-state index in [1.807, 2.05) is 30.3 Å². The normalized spacial score (nSPS) is 22.5. The number of nitrogens with zero attached hydrogens (tertiary/aromatic N) is 2. The van der Waals surface area contributed by atoms with E-state index in [1.54, 1.807) is 19.9 Å². The number of carbonyl (C=O) groups is 3. The lowest BCUT2D eigenvalue weighted by Crippen LogP contribution is -2.65. The fraction of sp³-hybridized carbons (Fsp3) is 0.455. The summed E-state index contributed by atoms with van der Waals surface area (Å²) >= 11 is 0. The maximum absolute atomic E-state index is 13.9. The van der Waals surface area contributed by atoms with Crippen molar-refractivity contribution in [2.24, 2.45) is 5.73 Å². The predicted octanol–water partition coefficient (Wildman–Crippen LogP) is 4.66. The lowest BCUT2D eigenvalue weighted by molar-refractivity contribution is -0.155. The molecule has 14 heteroatoms. The number of rotatable bonds is 10. The number of H-pyrrole nitrogens is 1. The summed E-state index contributed by atoms with van der Waals surface area (Å²) in [6.45, 7) is 2.50. The van der Waals surface area contributed by atoms with Crippen LogP contribution in [-0.4, -0.2) is 64.4 Å². The summed E-state index contributed by atoms with van der Waals surface area (Å²) < 4.78 is 57.7. The minimum Gasteiger partial charge on any atom is -0.427 e. The number of nitrogens with two attached hydrogens (primary N) is 1. The first kappa shape index (κ1) is 33.9. The molecule has 0 saturated carbocycles. The van der Waals surface area contributed by atoms with Gasteiger partial charge in [-0.25, -0.2) is 9.78 Å². The first-order valence-electron chi connectivity index (χ1n) is 15.3. The molecule has 1 unspecified atom stereocenters. The number of aromatic nitrogens is 2. The van der Waals surface area contributed by atoms with Gasteiger partial charge in [0.15, 0.2) is 0 Å². The van der Waals surface area contributed by atoms with Gasteiger partial charge in [-0.05, 0) is 56.4 Å². The van der Waals surface area contributed by atoms with Crippen LogP contribution in [0.15, 0.2) is 61.1 Å². The largest absolute Gasteiger partial charge is 0.427 e. The van der Waals surface area contributed by atoms with Crippen LogP contribution in [0.3, 0.4) is 0 Å². The van der Waals surface area contributed by atoms with Crippen molar-refractivity contribution in [3.63, 3.8) is 0 Å². The zero-order valence-corrected chi connectivity index (χ0v) is 26.1. The fourth-order valence-electron chi connectivity index (χ4n) is 6.32. The topological polar surface area (TPSA) is 149 Å². The van der Waals surface area contributed by atoms with Crippen LogP contribution in [-0.2, 0) is 41.9 Å². The highest BCUT2D eigenvalue weighted by Crippen LogP contribution is 2.45. The van der Waals surface area contributed by atoms with E-state index in [0.29, 0.717) is 48.1 Å². The molecule has 2 amide bonds. The number of hydrogen-bond donors (Lipinski definition) is 3. The summed E-state index contributed by atoms with van der Waals surface area (Å²) in [5.41, 5.74) is 5.44. The van der Waals surface area contributed by atoms with Crippen LogP contribution in [0.2, 0.25) is 0 Å². The van der Waals surface area contributed by atoms with Gasteiger partial charge in [-0.2, -0.15) is 13.2 Å². The van der Waals surface area contributed by atoms with Crippen LogP contribution >= 0.6 is 0 Å². The monoisotopic (exact) mass is 657 g/mol. The molecule has 0 aliphatic carbocycles. The maximum atomic E-state index is 13.9. The Bertz CT molecular complexity index is 1570. The Kier molecular flexibility index (Phi) is 9.92. The van der Waals surface area contributed by atoms with E-state index in [2.05, 4.69) is 15.3 Å². The molecule has 252 valence electrons. The van der Waals surface area contributed by atoms with Gasteiger partial charge in [-0.15, -0.1) is 0 Å². The van der Waals surface area contributed by atoms with Crippen LogP contribution in [0.1, 0.15) is 66.7 Å². The molecule has 11 nitrogen and oxygen atoms in total. The molecule has 5 rings (SSSR count). The van der Waals surface area contributed by atoms with Gasteiger partial charge in [0.05, 0.1) is 35.7 Å². The number of amides is 2. The Morgan fingerprint density at radius 2 is 1.87 bits per heavy atom. The maximum Gasteiger partial charge on any atom is 0.416 e. The molecular formula is C33H38F3N5O6. The number of imidazole rings is 1. The van der Waals surface area contributed by atoms with E-state index < -0.39 is 53.8 Å². The smallest absolute Gasteiger partial charge is 0.416 e. The van der Waals surface area contributed by atoms with Gasteiger partial charge in [0.25, 0.3) is 0 Å². The second-order valence-electron chi connectivity index (χ2n) is 12.3. The molecule has 2 aliphatic rings. The molecule has 0 radical (unpaired) electrons. The number of aryl methyl sites for hydroxylation is 1. The van der Waals surface area contributed by atoms with Gasteiger partial charge in [0.2, 0.25) is 12.7 Å². The first-order valence-corrected chi connectivity index (χ1v) is 15.3. The Hall–Kier alpha value is -4.43. The number of carbonyl (C=O) groups excluding carboxylic acids is 3. The van der Waals surface area contributed by atoms with Crippen LogP contribution in [0, 0.1) is 6.92 Å². The standard InChI is InChI=1S/C33H38F3N5O6/c1-21-12-23(14-25(13-21)33(34,35)36)22(2)45-18-32(24-6-4-3-5-7-24)11-10-31(9-8-28(42)40-31)17-41(32)30(44)47-20-46-29(43)27(37)15-26-16-38-19-39-26/h3-7,12-14,16,19,22,27H,8-11,15,17-18,20,37H2,1-2H3,(H,38,39)(H,40,42)/t22-,27?,31-,32-/m1/s1. The van der Waals surface area contributed by atoms with Crippen LogP contribution < -0.4 is 11.1 Å². The molecule has 47 heavy (non-hydrogen) atoms. The average molecular weight is 658 g/mol. The van der Waals surface area contributed by atoms with Crippen LogP contribution in [0.25, 0.3) is 0 Å². The second-order valence-corrected chi connectivity index (χ2v) is 12.3. The van der Waals surface area contributed by atoms with Gasteiger partial charge in [0.1, 0.15) is 6.04 Å². The number of ether oxygens (including phenoxy) is 3. The van der Waals surface area contributed by atoms with Crippen molar-refractivity contribution in [2.75, 3.05) is 19.9 Å². The minimum atomic E-state index is -4.53. The molecule has 2 aliphatic heterocycles. The van der Waals surface area contributed by atoms with Crippen molar-refractivity contribution in [3.8, 4) is 0 Å². The lowest BCUT2D eigenvalue weighted by atomic mass is 9.74. The van der Waals surface area contributed by atoms with Crippen molar-refractivity contribution in [3.05, 3.63) is 89.0 Å². The quantitative estimate of drug-likeness (QED) is 0.211. The molecule has 4 N–H and O–H groups in total. The number of hydrogen-bond acceptors (Lipinski definition) is 8. The van der Waals surface area contributed by atoms with Crippen LogP contribution in [0.4, 0.5) is 18.0 Å². The molecule has 1 aromatic heterocycles. The fourth-order valence-corrected chi connectivity index (χ4v) is 6.32. The summed E-state index contributed by atoms with van der Waals surface area (Å²) in [4.78, 5) is 46.9. The van der Waals surface area contributed by atoms with E-state index >= 15 is 0 Å². The van der Waals surface area contributed by atoms with E-state index in [-0.39, 0.29) is 25.5 Å². The SMILES string of the molecule is Cc1cc([C@@H](C)OC[C@@]2(c3ccccc3)CC[C@]3(CCC(=O)N3)CN2C(=O)OCOC(=O)C(N)Cc2cnc[nH]2)cc(C(F)(F)F)c1. The molecule has 2 aromatic carbocycles. The Labute approximate surface area is 270 Å². The molecule has 1 spiro atoms. The van der Waals surface area contributed by atoms with E-state index in [9.17, 15) is 27.6 Å². The van der Waals surface area contributed by atoms with Crippen molar-refractivity contribution >= 4 is 18.0 Å². The number of halogens is 3. The number of esters is 1. The number of alkyl halides is 3.